The zero-order valence-corrected chi connectivity index (χ0v) is 13.0. The molecule has 3 heterocycles. The third kappa shape index (κ3) is 2.52. The van der Waals surface area contributed by atoms with Crippen LogP contribution >= 0.6 is 23.2 Å². The van der Waals surface area contributed by atoms with Gasteiger partial charge in [-0.1, -0.05) is 23.2 Å². The van der Waals surface area contributed by atoms with Gasteiger partial charge in [0.15, 0.2) is 5.75 Å². The molecule has 2 bridgehead atoms. The summed E-state index contributed by atoms with van der Waals surface area (Å²) < 4.78 is 5.17. The molecule has 0 saturated carbocycles. The first kappa shape index (κ1) is 14.5. The fourth-order valence-corrected chi connectivity index (χ4v) is 4.23. The summed E-state index contributed by atoms with van der Waals surface area (Å²) in [7, 11) is 1.56. The SMILES string of the molecule is COc1c(Cl)cc(CC2C(O)C3CCN2CC3)cc1Cl. The van der Waals surface area contributed by atoms with Crippen LogP contribution in [0.2, 0.25) is 10.0 Å². The summed E-state index contributed by atoms with van der Waals surface area (Å²) in [4.78, 5) is 2.39. The normalized spacial score (nSPS) is 32.4. The van der Waals surface area contributed by atoms with Crippen molar-refractivity contribution in [1.29, 1.82) is 0 Å². The number of hydrogen-bond donors (Lipinski definition) is 1. The highest BCUT2D eigenvalue weighted by Gasteiger charge is 2.40. The Morgan fingerprint density at radius 1 is 1.25 bits per heavy atom. The summed E-state index contributed by atoms with van der Waals surface area (Å²) in [5.41, 5.74) is 1.05. The minimum atomic E-state index is -0.239. The molecule has 3 saturated heterocycles. The lowest BCUT2D eigenvalue weighted by Crippen LogP contribution is -2.58. The maximum Gasteiger partial charge on any atom is 0.156 e. The Labute approximate surface area is 129 Å². The Hall–Kier alpha value is -0.480. The molecule has 3 nitrogen and oxygen atoms in total. The molecule has 0 aromatic heterocycles. The number of nitrogens with zero attached hydrogens (tertiary/aromatic N) is 1. The maximum atomic E-state index is 10.4. The number of halogens is 2. The third-order valence-corrected chi connectivity index (χ3v) is 5.19. The van der Waals surface area contributed by atoms with E-state index in [1.807, 2.05) is 12.1 Å². The number of hydrogen-bond acceptors (Lipinski definition) is 3. The molecule has 1 aromatic carbocycles. The zero-order valence-electron chi connectivity index (χ0n) is 11.5. The number of aliphatic hydroxyl groups is 1. The molecule has 4 rings (SSSR count). The molecule has 0 aliphatic carbocycles. The highest BCUT2D eigenvalue weighted by molar-refractivity contribution is 6.37. The van der Waals surface area contributed by atoms with E-state index in [1.54, 1.807) is 7.11 Å². The van der Waals surface area contributed by atoms with Gasteiger partial charge in [0.2, 0.25) is 0 Å². The monoisotopic (exact) mass is 315 g/mol. The highest BCUT2D eigenvalue weighted by Crippen LogP contribution is 2.37. The number of methoxy groups -OCH3 is 1. The summed E-state index contributed by atoms with van der Waals surface area (Å²) >= 11 is 12.4. The van der Waals surface area contributed by atoms with E-state index in [2.05, 4.69) is 4.90 Å². The van der Waals surface area contributed by atoms with Crippen molar-refractivity contribution in [2.24, 2.45) is 5.92 Å². The molecule has 20 heavy (non-hydrogen) atoms. The number of rotatable bonds is 3. The third-order valence-electron chi connectivity index (χ3n) is 4.63. The van der Waals surface area contributed by atoms with E-state index in [4.69, 9.17) is 27.9 Å². The van der Waals surface area contributed by atoms with Crippen molar-refractivity contribution in [3.8, 4) is 5.75 Å². The standard InChI is InChI=1S/C15H19Cl2NO2/c1-20-15-11(16)6-9(7-12(15)17)8-13-14(19)10-2-4-18(13)5-3-10/h6-7,10,13-14,19H,2-5,8H2,1H3. The predicted octanol–water partition coefficient (Wildman–Crippen LogP) is 3.00. The molecule has 0 spiro atoms. The van der Waals surface area contributed by atoms with E-state index in [9.17, 15) is 5.11 Å². The summed E-state index contributed by atoms with van der Waals surface area (Å²) in [5.74, 6) is 0.970. The van der Waals surface area contributed by atoms with Gasteiger partial charge in [-0.2, -0.15) is 0 Å². The van der Waals surface area contributed by atoms with Crippen LogP contribution in [-0.2, 0) is 6.42 Å². The van der Waals surface area contributed by atoms with E-state index in [0.29, 0.717) is 21.7 Å². The molecule has 1 N–H and O–H groups in total. The molecular weight excluding hydrogens is 297 g/mol. The molecule has 3 aliphatic heterocycles. The molecule has 0 radical (unpaired) electrons. The first-order chi connectivity index (χ1) is 9.60. The van der Waals surface area contributed by atoms with Crippen LogP contribution < -0.4 is 4.74 Å². The van der Waals surface area contributed by atoms with Gasteiger partial charge in [-0.15, -0.1) is 0 Å². The second-order valence-electron chi connectivity index (χ2n) is 5.73. The van der Waals surface area contributed by atoms with Gasteiger partial charge in [0.25, 0.3) is 0 Å². The van der Waals surface area contributed by atoms with Crippen LogP contribution in [0.5, 0.6) is 5.75 Å². The summed E-state index contributed by atoms with van der Waals surface area (Å²) in [6.45, 7) is 2.17. The van der Waals surface area contributed by atoms with Crippen LogP contribution in [0.4, 0.5) is 0 Å². The number of fused-ring (bicyclic) bond motifs is 3. The Morgan fingerprint density at radius 2 is 1.85 bits per heavy atom. The predicted molar refractivity (Wildman–Crippen MR) is 80.8 cm³/mol. The first-order valence-electron chi connectivity index (χ1n) is 7.04. The van der Waals surface area contributed by atoms with Crippen molar-refractivity contribution in [1.82, 2.24) is 4.90 Å². The van der Waals surface area contributed by atoms with Gasteiger partial charge in [-0.05, 0) is 56.0 Å². The summed E-state index contributed by atoms with van der Waals surface area (Å²) in [5, 5.41) is 11.5. The summed E-state index contributed by atoms with van der Waals surface area (Å²) in [6.07, 6.45) is 2.77. The molecular formula is C15H19Cl2NO2. The van der Waals surface area contributed by atoms with Gasteiger partial charge < -0.3 is 9.84 Å². The van der Waals surface area contributed by atoms with Crippen LogP contribution in [0.1, 0.15) is 18.4 Å². The van der Waals surface area contributed by atoms with E-state index in [-0.39, 0.29) is 12.1 Å². The molecule has 3 aliphatic rings. The van der Waals surface area contributed by atoms with Gasteiger partial charge in [0.1, 0.15) is 0 Å². The van der Waals surface area contributed by atoms with E-state index >= 15 is 0 Å². The van der Waals surface area contributed by atoms with Gasteiger partial charge in [-0.3, -0.25) is 4.90 Å². The van der Waals surface area contributed by atoms with Crippen molar-refractivity contribution in [3.63, 3.8) is 0 Å². The second kappa shape index (κ2) is 5.72. The Bertz CT molecular complexity index is 476. The minimum absolute atomic E-state index is 0.183. The number of piperidine rings is 3. The van der Waals surface area contributed by atoms with Crippen molar-refractivity contribution in [3.05, 3.63) is 27.7 Å². The van der Waals surface area contributed by atoms with Crippen molar-refractivity contribution in [2.75, 3.05) is 20.2 Å². The highest BCUT2D eigenvalue weighted by atomic mass is 35.5. The van der Waals surface area contributed by atoms with Gasteiger partial charge >= 0.3 is 0 Å². The van der Waals surface area contributed by atoms with Gasteiger partial charge in [0, 0.05) is 6.04 Å². The van der Waals surface area contributed by atoms with E-state index in [1.165, 1.54) is 0 Å². The fourth-order valence-electron chi connectivity index (χ4n) is 3.54. The largest absolute Gasteiger partial charge is 0.494 e. The number of aliphatic hydroxyl groups excluding tert-OH is 1. The van der Waals surface area contributed by atoms with Crippen LogP contribution in [-0.4, -0.2) is 42.4 Å². The summed E-state index contributed by atoms with van der Waals surface area (Å²) in [6, 6.07) is 3.97. The van der Waals surface area contributed by atoms with E-state index < -0.39 is 0 Å². The Balaban J connectivity index is 1.81. The molecule has 110 valence electrons. The van der Waals surface area contributed by atoms with Gasteiger partial charge in [-0.25, -0.2) is 0 Å². The van der Waals surface area contributed by atoms with Crippen molar-refractivity contribution in [2.45, 2.75) is 31.4 Å². The average Bonchev–Trinajstić information content (AvgIpc) is 2.43. The van der Waals surface area contributed by atoms with Gasteiger partial charge in [0.05, 0.1) is 23.3 Å². The first-order valence-corrected chi connectivity index (χ1v) is 7.79. The molecule has 0 amide bonds. The quantitative estimate of drug-likeness (QED) is 0.930. The zero-order chi connectivity index (χ0) is 14.3. The van der Waals surface area contributed by atoms with E-state index in [0.717, 1.165) is 37.9 Å². The lowest BCUT2D eigenvalue weighted by atomic mass is 9.78. The van der Waals surface area contributed by atoms with Crippen molar-refractivity contribution >= 4 is 23.2 Å². The van der Waals surface area contributed by atoms with Crippen LogP contribution in [0, 0.1) is 5.92 Å². The van der Waals surface area contributed by atoms with Crippen LogP contribution in [0.25, 0.3) is 0 Å². The minimum Gasteiger partial charge on any atom is -0.494 e. The lowest BCUT2D eigenvalue weighted by molar-refractivity contribution is -0.0715. The Morgan fingerprint density at radius 3 is 2.35 bits per heavy atom. The van der Waals surface area contributed by atoms with Crippen LogP contribution in [0.3, 0.4) is 0 Å². The average molecular weight is 316 g/mol. The molecule has 1 aromatic rings. The Kier molecular flexibility index (Phi) is 4.14. The smallest absolute Gasteiger partial charge is 0.156 e. The topological polar surface area (TPSA) is 32.7 Å². The molecule has 2 atom stereocenters. The molecule has 5 heteroatoms. The van der Waals surface area contributed by atoms with Crippen molar-refractivity contribution < 1.29 is 9.84 Å². The number of ether oxygens (including phenoxy) is 1. The fraction of sp³-hybridized carbons (Fsp3) is 0.600. The lowest BCUT2D eigenvalue weighted by Gasteiger charge is -2.49. The second-order valence-corrected chi connectivity index (χ2v) is 6.54. The number of benzene rings is 1. The molecule has 3 fully saturated rings. The maximum absolute atomic E-state index is 10.4. The van der Waals surface area contributed by atoms with Crippen LogP contribution in [0.15, 0.2) is 12.1 Å². The molecule has 2 unspecified atom stereocenters.